The molecule has 5 nitrogen and oxygen atoms in total. The summed E-state index contributed by atoms with van der Waals surface area (Å²) in [6, 6.07) is 7.84. The molecule has 2 rings (SSSR count). The molecule has 1 aliphatic rings. The molecule has 1 aliphatic carbocycles. The van der Waals surface area contributed by atoms with Gasteiger partial charge in [0.1, 0.15) is 6.04 Å². The van der Waals surface area contributed by atoms with Gasteiger partial charge in [-0.3, -0.25) is 4.79 Å². The third-order valence-corrected chi connectivity index (χ3v) is 4.11. The Morgan fingerprint density at radius 2 is 1.86 bits per heavy atom. The molecule has 1 saturated carbocycles. The summed E-state index contributed by atoms with van der Waals surface area (Å²) in [6.07, 6.45) is 5.12. The Bertz CT molecular complexity index is 569. The van der Waals surface area contributed by atoms with Crippen molar-refractivity contribution in [1.82, 2.24) is 5.32 Å². The summed E-state index contributed by atoms with van der Waals surface area (Å²) in [7, 11) is 0. The average Bonchev–Trinajstić information content (AvgIpc) is 2.55. The highest BCUT2D eigenvalue weighted by Crippen LogP contribution is 2.23. The zero-order valence-corrected chi connectivity index (χ0v) is 12.4. The lowest BCUT2D eigenvalue weighted by atomic mass is 9.88. The summed E-state index contributed by atoms with van der Waals surface area (Å²) in [5.74, 6) is -1.24. The van der Waals surface area contributed by atoms with Crippen molar-refractivity contribution < 1.29 is 14.7 Å². The quantitative estimate of drug-likeness (QED) is 0.872. The first-order valence-corrected chi connectivity index (χ1v) is 7.62. The third-order valence-electron chi connectivity index (χ3n) is 4.11. The van der Waals surface area contributed by atoms with E-state index in [-0.39, 0.29) is 18.2 Å². The van der Waals surface area contributed by atoms with E-state index >= 15 is 0 Å². The number of carbonyl (C=O) groups is 2. The molecule has 0 aliphatic heterocycles. The van der Waals surface area contributed by atoms with Crippen molar-refractivity contribution in [3.63, 3.8) is 0 Å². The Kier molecular flexibility index (Phi) is 5.54. The summed E-state index contributed by atoms with van der Waals surface area (Å²) in [4.78, 5) is 23.6. The topological polar surface area (TPSA) is 90.2 Å². The van der Waals surface area contributed by atoms with Crippen LogP contribution in [0.2, 0.25) is 0 Å². The smallest absolute Gasteiger partial charge is 0.326 e. The zero-order valence-electron chi connectivity index (χ0n) is 12.4. The Morgan fingerprint density at radius 3 is 2.41 bits per heavy atom. The second kappa shape index (κ2) is 7.60. The molecule has 0 heterocycles. The fourth-order valence-corrected chi connectivity index (χ4v) is 2.81. The summed E-state index contributed by atoms with van der Waals surface area (Å²) in [5, 5.41) is 20.7. The lowest BCUT2D eigenvalue weighted by molar-refractivity contribution is -0.142. The Hall–Kier alpha value is -2.35. The number of hydrogen-bond donors (Lipinski definition) is 2. The SMILES string of the molecule is N#Cc1ccc(C[C@@H](NC(=O)C2CCCCC2)C(=O)O)cc1. The second-order valence-corrected chi connectivity index (χ2v) is 5.75. The number of benzene rings is 1. The Labute approximate surface area is 129 Å². The molecule has 1 fully saturated rings. The van der Waals surface area contributed by atoms with Gasteiger partial charge in [0.15, 0.2) is 0 Å². The van der Waals surface area contributed by atoms with Crippen molar-refractivity contribution in [2.45, 2.75) is 44.6 Å². The number of nitrogens with one attached hydrogen (secondary N) is 1. The van der Waals surface area contributed by atoms with Crippen molar-refractivity contribution in [1.29, 1.82) is 5.26 Å². The van der Waals surface area contributed by atoms with Gasteiger partial charge in [0.05, 0.1) is 11.6 Å². The minimum atomic E-state index is -1.03. The van der Waals surface area contributed by atoms with Gasteiger partial charge in [-0.05, 0) is 30.5 Å². The van der Waals surface area contributed by atoms with Crippen LogP contribution in [0.15, 0.2) is 24.3 Å². The molecule has 1 aromatic rings. The van der Waals surface area contributed by atoms with Gasteiger partial charge >= 0.3 is 5.97 Å². The molecule has 1 amide bonds. The predicted molar refractivity (Wildman–Crippen MR) is 81.0 cm³/mol. The molecule has 22 heavy (non-hydrogen) atoms. The molecule has 0 aromatic heterocycles. The maximum Gasteiger partial charge on any atom is 0.326 e. The standard InChI is InChI=1S/C17H20N2O3/c18-11-13-8-6-12(7-9-13)10-15(17(21)22)19-16(20)14-4-2-1-3-5-14/h6-9,14-15H,1-5,10H2,(H,19,20)(H,21,22)/t15-/m1/s1. The van der Waals surface area contributed by atoms with E-state index in [0.29, 0.717) is 5.56 Å². The normalized spacial score (nSPS) is 16.5. The summed E-state index contributed by atoms with van der Waals surface area (Å²) >= 11 is 0. The average molecular weight is 300 g/mol. The van der Waals surface area contributed by atoms with E-state index in [0.717, 1.165) is 37.7 Å². The molecular weight excluding hydrogens is 280 g/mol. The van der Waals surface area contributed by atoms with Gasteiger partial charge in [0.25, 0.3) is 0 Å². The van der Waals surface area contributed by atoms with Gasteiger partial charge in [0.2, 0.25) is 5.91 Å². The molecule has 2 N–H and O–H groups in total. The second-order valence-electron chi connectivity index (χ2n) is 5.75. The summed E-state index contributed by atoms with van der Waals surface area (Å²) in [6.45, 7) is 0. The number of rotatable bonds is 5. The highest BCUT2D eigenvalue weighted by atomic mass is 16.4. The van der Waals surface area contributed by atoms with Gasteiger partial charge in [0, 0.05) is 12.3 Å². The number of amides is 1. The number of nitriles is 1. The molecule has 0 saturated heterocycles. The van der Waals surface area contributed by atoms with Crippen LogP contribution in [-0.4, -0.2) is 23.0 Å². The van der Waals surface area contributed by atoms with Crippen molar-refractivity contribution in [3.05, 3.63) is 35.4 Å². The Morgan fingerprint density at radius 1 is 1.23 bits per heavy atom. The van der Waals surface area contributed by atoms with E-state index in [1.807, 2.05) is 6.07 Å². The van der Waals surface area contributed by atoms with Gasteiger partial charge in [-0.15, -0.1) is 0 Å². The molecule has 0 radical (unpaired) electrons. The first kappa shape index (κ1) is 16.0. The highest BCUT2D eigenvalue weighted by Gasteiger charge is 2.26. The molecule has 0 bridgehead atoms. The molecule has 0 spiro atoms. The van der Waals surface area contributed by atoms with Crippen LogP contribution in [0.4, 0.5) is 0 Å². The fourth-order valence-electron chi connectivity index (χ4n) is 2.81. The summed E-state index contributed by atoms with van der Waals surface area (Å²) < 4.78 is 0. The number of hydrogen-bond acceptors (Lipinski definition) is 3. The maximum absolute atomic E-state index is 12.2. The first-order valence-electron chi connectivity index (χ1n) is 7.62. The van der Waals surface area contributed by atoms with Crippen LogP contribution in [0.25, 0.3) is 0 Å². The minimum absolute atomic E-state index is 0.0587. The van der Waals surface area contributed by atoms with Crippen molar-refractivity contribution >= 4 is 11.9 Å². The number of carboxylic acids is 1. The van der Waals surface area contributed by atoms with Gasteiger partial charge in [-0.1, -0.05) is 31.4 Å². The van der Waals surface area contributed by atoms with Crippen LogP contribution < -0.4 is 5.32 Å². The lowest BCUT2D eigenvalue weighted by Crippen LogP contribution is -2.45. The van der Waals surface area contributed by atoms with Crippen LogP contribution in [0.1, 0.15) is 43.2 Å². The van der Waals surface area contributed by atoms with E-state index in [4.69, 9.17) is 5.26 Å². The molecule has 1 atom stereocenters. The van der Waals surface area contributed by atoms with E-state index in [2.05, 4.69) is 5.32 Å². The molecule has 5 heteroatoms. The van der Waals surface area contributed by atoms with Crippen molar-refractivity contribution in [3.8, 4) is 6.07 Å². The van der Waals surface area contributed by atoms with Crippen LogP contribution in [0.5, 0.6) is 0 Å². The van der Waals surface area contributed by atoms with E-state index in [9.17, 15) is 14.7 Å². The molecule has 0 unspecified atom stereocenters. The van der Waals surface area contributed by atoms with Crippen LogP contribution in [0, 0.1) is 17.2 Å². The molecular formula is C17H20N2O3. The number of carbonyl (C=O) groups excluding carboxylic acids is 1. The van der Waals surface area contributed by atoms with Gasteiger partial charge in [-0.25, -0.2) is 4.79 Å². The fraction of sp³-hybridized carbons (Fsp3) is 0.471. The van der Waals surface area contributed by atoms with Crippen LogP contribution >= 0.6 is 0 Å². The van der Waals surface area contributed by atoms with Crippen molar-refractivity contribution in [2.75, 3.05) is 0 Å². The van der Waals surface area contributed by atoms with Gasteiger partial charge < -0.3 is 10.4 Å². The summed E-state index contributed by atoms with van der Waals surface area (Å²) in [5.41, 5.74) is 1.32. The highest BCUT2D eigenvalue weighted by molar-refractivity contribution is 5.85. The molecule has 116 valence electrons. The van der Waals surface area contributed by atoms with E-state index < -0.39 is 12.0 Å². The number of aliphatic carboxylic acids is 1. The maximum atomic E-state index is 12.2. The Balaban J connectivity index is 1.98. The molecule has 1 aromatic carbocycles. The van der Waals surface area contributed by atoms with Gasteiger partial charge in [-0.2, -0.15) is 5.26 Å². The lowest BCUT2D eigenvalue weighted by Gasteiger charge is -2.23. The third kappa shape index (κ3) is 4.32. The zero-order chi connectivity index (χ0) is 15.9. The van der Waals surface area contributed by atoms with Crippen LogP contribution in [-0.2, 0) is 16.0 Å². The van der Waals surface area contributed by atoms with Crippen molar-refractivity contribution in [2.24, 2.45) is 5.92 Å². The minimum Gasteiger partial charge on any atom is -0.480 e. The largest absolute Gasteiger partial charge is 0.480 e. The predicted octanol–water partition coefficient (Wildman–Crippen LogP) is 2.25. The van der Waals surface area contributed by atoms with Crippen LogP contribution in [0.3, 0.4) is 0 Å². The number of nitrogens with zero attached hydrogens (tertiary/aromatic N) is 1. The monoisotopic (exact) mass is 300 g/mol. The van der Waals surface area contributed by atoms with E-state index in [1.165, 1.54) is 0 Å². The first-order chi connectivity index (χ1) is 10.6. The van der Waals surface area contributed by atoms with E-state index in [1.54, 1.807) is 24.3 Å². The number of carboxylic acid groups (broad SMARTS) is 1.